The Morgan fingerprint density at radius 2 is 2.16 bits per heavy atom. The van der Waals surface area contributed by atoms with Crippen molar-refractivity contribution in [3.05, 3.63) is 45.6 Å². The highest BCUT2D eigenvalue weighted by molar-refractivity contribution is 7.80. The Kier molecular flexibility index (Phi) is 4.17. The molecular weight excluding hydrogens is 276 g/mol. The SMILES string of the molecule is CC(C)Cn1c(-c2cccs2)ccc(C(N)=S)c1=O. The first-order valence-corrected chi connectivity index (χ1v) is 7.37. The molecule has 2 aromatic heterocycles. The summed E-state index contributed by atoms with van der Waals surface area (Å²) in [4.78, 5) is 13.7. The number of hydrogen-bond acceptors (Lipinski definition) is 3. The van der Waals surface area contributed by atoms with Crippen LogP contribution < -0.4 is 11.3 Å². The summed E-state index contributed by atoms with van der Waals surface area (Å²) in [6, 6.07) is 7.63. The molecular formula is C14H16N2OS2. The highest BCUT2D eigenvalue weighted by Gasteiger charge is 2.13. The molecule has 2 rings (SSSR count). The zero-order valence-electron chi connectivity index (χ0n) is 10.9. The number of nitrogens with zero attached hydrogens (tertiary/aromatic N) is 1. The number of aromatic nitrogens is 1. The van der Waals surface area contributed by atoms with Gasteiger partial charge in [-0.3, -0.25) is 4.79 Å². The van der Waals surface area contributed by atoms with Gasteiger partial charge in [0.15, 0.2) is 0 Å². The van der Waals surface area contributed by atoms with E-state index in [1.165, 1.54) is 0 Å². The van der Waals surface area contributed by atoms with Crippen molar-refractivity contribution in [3.8, 4) is 10.6 Å². The second kappa shape index (κ2) is 5.67. The third-order valence-corrected chi connectivity index (χ3v) is 3.87. The predicted molar refractivity (Wildman–Crippen MR) is 84.7 cm³/mol. The Morgan fingerprint density at radius 1 is 1.42 bits per heavy atom. The first kappa shape index (κ1) is 14.0. The van der Waals surface area contributed by atoms with Gasteiger partial charge in [-0.1, -0.05) is 32.1 Å². The fourth-order valence-corrected chi connectivity index (χ4v) is 2.87. The molecule has 0 saturated carbocycles. The molecule has 100 valence electrons. The molecule has 0 bridgehead atoms. The maximum absolute atomic E-state index is 12.5. The minimum atomic E-state index is -0.105. The third-order valence-electron chi connectivity index (χ3n) is 2.76. The fraction of sp³-hybridized carbons (Fsp3) is 0.286. The van der Waals surface area contributed by atoms with Crippen LogP contribution >= 0.6 is 23.6 Å². The van der Waals surface area contributed by atoms with Crippen molar-refractivity contribution in [2.45, 2.75) is 20.4 Å². The quantitative estimate of drug-likeness (QED) is 0.882. The number of rotatable bonds is 4. The number of nitrogens with two attached hydrogens (primary N) is 1. The van der Waals surface area contributed by atoms with Crippen LogP contribution in [0.4, 0.5) is 0 Å². The topological polar surface area (TPSA) is 48.0 Å². The Balaban J connectivity index is 2.65. The average Bonchev–Trinajstić information content (AvgIpc) is 2.84. The van der Waals surface area contributed by atoms with Gasteiger partial charge in [0.05, 0.1) is 16.1 Å². The van der Waals surface area contributed by atoms with Crippen LogP contribution in [-0.4, -0.2) is 9.56 Å². The Morgan fingerprint density at radius 3 is 2.68 bits per heavy atom. The van der Waals surface area contributed by atoms with Crippen molar-refractivity contribution >= 4 is 28.5 Å². The van der Waals surface area contributed by atoms with Crippen molar-refractivity contribution in [2.24, 2.45) is 11.7 Å². The Bertz CT molecular complexity index is 642. The van der Waals surface area contributed by atoms with Crippen LogP contribution in [0.3, 0.4) is 0 Å². The summed E-state index contributed by atoms with van der Waals surface area (Å²) in [5.41, 5.74) is 6.84. The van der Waals surface area contributed by atoms with Crippen LogP contribution in [0.5, 0.6) is 0 Å². The standard InChI is InChI=1S/C14H16N2OS2/c1-9(2)8-16-11(12-4-3-7-19-12)6-5-10(13(15)18)14(16)17/h3-7,9H,8H2,1-2H3,(H2,15,18). The van der Waals surface area contributed by atoms with E-state index in [4.69, 9.17) is 18.0 Å². The van der Waals surface area contributed by atoms with E-state index in [-0.39, 0.29) is 10.5 Å². The summed E-state index contributed by atoms with van der Waals surface area (Å²) in [6.45, 7) is 4.82. The van der Waals surface area contributed by atoms with Crippen LogP contribution in [0.25, 0.3) is 10.6 Å². The lowest BCUT2D eigenvalue weighted by atomic mass is 10.1. The van der Waals surface area contributed by atoms with Gasteiger partial charge < -0.3 is 10.3 Å². The van der Waals surface area contributed by atoms with Crippen LogP contribution in [-0.2, 0) is 6.54 Å². The summed E-state index contributed by atoms with van der Waals surface area (Å²) in [5, 5.41) is 2.00. The molecule has 0 saturated heterocycles. The van der Waals surface area contributed by atoms with E-state index >= 15 is 0 Å². The summed E-state index contributed by atoms with van der Waals surface area (Å²) < 4.78 is 1.77. The predicted octanol–water partition coefficient (Wildman–Crippen LogP) is 2.87. The maximum atomic E-state index is 12.5. The highest BCUT2D eigenvalue weighted by atomic mass is 32.1. The van der Waals surface area contributed by atoms with Gasteiger partial charge in [0.1, 0.15) is 4.99 Å². The molecule has 0 amide bonds. The monoisotopic (exact) mass is 292 g/mol. The van der Waals surface area contributed by atoms with Crippen molar-refractivity contribution in [3.63, 3.8) is 0 Å². The molecule has 0 aromatic carbocycles. The molecule has 2 N–H and O–H groups in total. The molecule has 0 aliphatic carbocycles. The second-order valence-corrected chi connectivity index (χ2v) is 6.17. The first-order chi connectivity index (χ1) is 9.00. The molecule has 0 unspecified atom stereocenters. The molecule has 2 aromatic rings. The summed E-state index contributed by atoms with van der Waals surface area (Å²) in [7, 11) is 0. The molecule has 2 heterocycles. The first-order valence-electron chi connectivity index (χ1n) is 6.08. The van der Waals surface area contributed by atoms with Crippen molar-refractivity contribution in [1.29, 1.82) is 0 Å². The number of thiophene rings is 1. The Hall–Kier alpha value is -1.46. The molecule has 0 aliphatic heterocycles. The molecule has 0 aliphatic rings. The van der Waals surface area contributed by atoms with Crippen LogP contribution in [0.2, 0.25) is 0 Å². The molecule has 0 spiro atoms. The van der Waals surface area contributed by atoms with Gasteiger partial charge in [0.2, 0.25) is 0 Å². The van der Waals surface area contributed by atoms with E-state index in [0.29, 0.717) is 18.0 Å². The molecule has 0 fully saturated rings. The van der Waals surface area contributed by atoms with Crippen molar-refractivity contribution in [2.75, 3.05) is 0 Å². The van der Waals surface area contributed by atoms with Crippen LogP contribution in [0.15, 0.2) is 34.4 Å². The fourth-order valence-electron chi connectivity index (χ4n) is 1.95. The largest absolute Gasteiger partial charge is 0.389 e. The zero-order chi connectivity index (χ0) is 14.0. The summed E-state index contributed by atoms with van der Waals surface area (Å²) in [5.74, 6) is 0.373. The van der Waals surface area contributed by atoms with E-state index in [1.807, 2.05) is 23.6 Å². The average molecular weight is 292 g/mol. The molecule has 19 heavy (non-hydrogen) atoms. The second-order valence-electron chi connectivity index (χ2n) is 4.78. The number of hydrogen-bond donors (Lipinski definition) is 1. The lowest BCUT2D eigenvalue weighted by Gasteiger charge is -2.15. The molecule has 3 nitrogen and oxygen atoms in total. The van der Waals surface area contributed by atoms with Crippen molar-refractivity contribution < 1.29 is 0 Å². The molecule has 0 radical (unpaired) electrons. The van der Waals surface area contributed by atoms with Gasteiger partial charge in [-0.15, -0.1) is 11.3 Å². The van der Waals surface area contributed by atoms with Gasteiger partial charge in [0, 0.05) is 6.54 Å². The van der Waals surface area contributed by atoms with Gasteiger partial charge in [-0.05, 0) is 29.5 Å². The minimum Gasteiger partial charge on any atom is -0.389 e. The molecule has 0 atom stereocenters. The number of pyridine rings is 1. The van der Waals surface area contributed by atoms with E-state index in [1.54, 1.807) is 22.0 Å². The highest BCUT2D eigenvalue weighted by Crippen LogP contribution is 2.24. The van der Waals surface area contributed by atoms with Crippen LogP contribution in [0, 0.1) is 5.92 Å². The lowest BCUT2D eigenvalue weighted by Crippen LogP contribution is -2.31. The van der Waals surface area contributed by atoms with E-state index < -0.39 is 0 Å². The van der Waals surface area contributed by atoms with E-state index in [2.05, 4.69) is 13.8 Å². The third kappa shape index (κ3) is 2.93. The van der Waals surface area contributed by atoms with Crippen molar-refractivity contribution in [1.82, 2.24) is 4.57 Å². The molecule has 5 heteroatoms. The smallest absolute Gasteiger partial charge is 0.261 e. The van der Waals surface area contributed by atoms with E-state index in [0.717, 1.165) is 10.6 Å². The van der Waals surface area contributed by atoms with Gasteiger partial charge in [-0.25, -0.2) is 0 Å². The van der Waals surface area contributed by atoms with Crippen LogP contribution in [0.1, 0.15) is 19.4 Å². The minimum absolute atomic E-state index is 0.105. The summed E-state index contributed by atoms with van der Waals surface area (Å²) >= 11 is 6.55. The maximum Gasteiger partial charge on any atom is 0.261 e. The normalized spacial score (nSPS) is 10.9. The van der Waals surface area contributed by atoms with Gasteiger partial charge in [0.25, 0.3) is 5.56 Å². The summed E-state index contributed by atoms with van der Waals surface area (Å²) in [6.07, 6.45) is 0. The zero-order valence-corrected chi connectivity index (χ0v) is 12.6. The van der Waals surface area contributed by atoms with Gasteiger partial charge in [-0.2, -0.15) is 0 Å². The van der Waals surface area contributed by atoms with E-state index in [9.17, 15) is 4.79 Å². The Labute approximate surface area is 121 Å². The van der Waals surface area contributed by atoms with Gasteiger partial charge >= 0.3 is 0 Å². The lowest BCUT2D eigenvalue weighted by molar-refractivity contribution is 0.515. The number of thiocarbonyl (C=S) groups is 1.